The molecule has 0 atom stereocenters. The summed E-state index contributed by atoms with van der Waals surface area (Å²) >= 11 is 0. The highest BCUT2D eigenvalue weighted by molar-refractivity contribution is 7.92. The van der Waals surface area contributed by atoms with Crippen LogP contribution in [0.2, 0.25) is 0 Å². The second-order valence-electron chi connectivity index (χ2n) is 5.63. The lowest BCUT2D eigenvalue weighted by atomic mass is 10.1. The maximum Gasteiger partial charge on any atom is 0.274 e. The van der Waals surface area contributed by atoms with Crippen LogP contribution < -0.4 is 19.3 Å². The topological polar surface area (TPSA) is 105 Å². The van der Waals surface area contributed by atoms with Crippen LogP contribution in [0.5, 0.6) is 11.5 Å². The number of anilines is 1. The fraction of sp³-hybridized carbons (Fsp3) is 0.235. The van der Waals surface area contributed by atoms with Crippen LogP contribution in [0.25, 0.3) is 0 Å². The van der Waals surface area contributed by atoms with Crippen LogP contribution in [0.15, 0.2) is 41.3 Å². The highest BCUT2D eigenvalue weighted by atomic mass is 32.2. The molecular weight excluding hydrogens is 360 g/mol. The number of hydrogen-bond acceptors (Lipinski definition) is 6. The molecule has 0 radical (unpaired) electrons. The minimum atomic E-state index is -3.80. The molecule has 0 spiro atoms. The van der Waals surface area contributed by atoms with Crippen molar-refractivity contribution in [3.63, 3.8) is 0 Å². The molecule has 3 rings (SSSR count). The Hall–Kier alpha value is -2.78. The van der Waals surface area contributed by atoms with E-state index in [-0.39, 0.29) is 17.0 Å². The number of rotatable bonds is 5. The van der Waals surface area contributed by atoms with E-state index in [1.165, 1.54) is 42.8 Å². The third-order valence-electron chi connectivity index (χ3n) is 4.24. The molecule has 1 amide bonds. The van der Waals surface area contributed by atoms with Crippen LogP contribution in [-0.4, -0.2) is 40.3 Å². The second kappa shape index (κ2) is 6.85. The van der Waals surface area contributed by atoms with Crippen molar-refractivity contribution in [3.05, 3.63) is 47.5 Å². The highest BCUT2D eigenvalue weighted by Gasteiger charge is 2.32. The number of nitrogens with zero attached hydrogens (tertiary/aromatic N) is 1. The van der Waals surface area contributed by atoms with Gasteiger partial charge in [0.05, 0.1) is 24.8 Å². The van der Waals surface area contributed by atoms with Gasteiger partial charge in [0.2, 0.25) is 0 Å². The zero-order valence-electron chi connectivity index (χ0n) is 14.2. The SMILES string of the molecule is COc1ccc(S(=O)(=O)N2CCc3cc(C(=O)NO)ccc32)cc1OC. The van der Waals surface area contributed by atoms with Crippen molar-refractivity contribution in [2.75, 3.05) is 25.1 Å². The lowest BCUT2D eigenvalue weighted by molar-refractivity contribution is 0.0706. The van der Waals surface area contributed by atoms with E-state index in [0.29, 0.717) is 23.6 Å². The Morgan fingerprint density at radius 2 is 1.85 bits per heavy atom. The molecule has 8 nitrogen and oxygen atoms in total. The lowest BCUT2D eigenvalue weighted by Gasteiger charge is -2.20. The quantitative estimate of drug-likeness (QED) is 0.604. The molecule has 0 aromatic heterocycles. The first-order valence-electron chi connectivity index (χ1n) is 7.74. The van der Waals surface area contributed by atoms with Gasteiger partial charge in [0, 0.05) is 18.2 Å². The first-order valence-corrected chi connectivity index (χ1v) is 9.18. The summed E-state index contributed by atoms with van der Waals surface area (Å²) in [5, 5.41) is 8.73. The molecule has 1 heterocycles. The first-order chi connectivity index (χ1) is 12.4. The van der Waals surface area contributed by atoms with E-state index >= 15 is 0 Å². The van der Waals surface area contributed by atoms with Gasteiger partial charge < -0.3 is 9.47 Å². The summed E-state index contributed by atoms with van der Waals surface area (Å²) in [6.07, 6.45) is 0.467. The van der Waals surface area contributed by atoms with Crippen molar-refractivity contribution in [2.45, 2.75) is 11.3 Å². The molecule has 2 aromatic rings. The predicted molar refractivity (Wildman–Crippen MR) is 93.5 cm³/mol. The summed E-state index contributed by atoms with van der Waals surface area (Å²) in [4.78, 5) is 11.6. The van der Waals surface area contributed by atoms with Crippen molar-refractivity contribution in [1.29, 1.82) is 0 Å². The largest absolute Gasteiger partial charge is 0.493 e. The minimum Gasteiger partial charge on any atom is -0.493 e. The highest BCUT2D eigenvalue weighted by Crippen LogP contribution is 2.36. The maximum absolute atomic E-state index is 13.1. The third kappa shape index (κ3) is 2.95. The van der Waals surface area contributed by atoms with Gasteiger partial charge in [0.25, 0.3) is 15.9 Å². The van der Waals surface area contributed by atoms with Gasteiger partial charge in [-0.15, -0.1) is 0 Å². The Balaban J connectivity index is 1.99. The number of amides is 1. The van der Waals surface area contributed by atoms with Gasteiger partial charge in [-0.3, -0.25) is 14.3 Å². The summed E-state index contributed by atoms with van der Waals surface area (Å²) in [6.45, 7) is 0.260. The molecule has 0 fully saturated rings. The summed E-state index contributed by atoms with van der Waals surface area (Å²) in [6, 6.07) is 9.02. The van der Waals surface area contributed by atoms with Crippen molar-refractivity contribution < 1.29 is 27.9 Å². The summed E-state index contributed by atoms with van der Waals surface area (Å²) in [7, 11) is -0.888. The van der Waals surface area contributed by atoms with E-state index in [1.54, 1.807) is 17.6 Å². The van der Waals surface area contributed by atoms with Crippen LogP contribution in [0, 0.1) is 0 Å². The molecule has 138 valence electrons. The number of fused-ring (bicyclic) bond motifs is 1. The molecule has 0 unspecified atom stereocenters. The second-order valence-corrected chi connectivity index (χ2v) is 7.49. The molecule has 26 heavy (non-hydrogen) atoms. The van der Waals surface area contributed by atoms with Crippen LogP contribution in [0.4, 0.5) is 5.69 Å². The van der Waals surface area contributed by atoms with Crippen LogP contribution in [0.3, 0.4) is 0 Å². The average Bonchev–Trinajstić information content (AvgIpc) is 3.10. The molecule has 0 saturated carbocycles. The minimum absolute atomic E-state index is 0.0835. The van der Waals surface area contributed by atoms with E-state index in [4.69, 9.17) is 14.7 Å². The number of hydrogen-bond donors (Lipinski definition) is 2. The number of hydroxylamine groups is 1. The Morgan fingerprint density at radius 3 is 2.50 bits per heavy atom. The third-order valence-corrected chi connectivity index (χ3v) is 6.05. The van der Waals surface area contributed by atoms with Gasteiger partial charge in [0.1, 0.15) is 0 Å². The molecule has 0 saturated heterocycles. The number of sulfonamides is 1. The van der Waals surface area contributed by atoms with Crippen molar-refractivity contribution >= 4 is 21.6 Å². The monoisotopic (exact) mass is 378 g/mol. The normalized spacial score (nSPS) is 13.3. The molecule has 9 heteroatoms. The number of methoxy groups -OCH3 is 2. The fourth-order valence-electron chi connectivity index (χ4n) is 2.93. The smallest absolute Gasteiger partial charge is 0.274 e. The summed E-state index contributed by atoms with van der Waals surface area (Å²) < 4.78 is 37.7. The molecule has 2 aromatic carbocycles. The summed E-state index contributed by atoms with van der Waals surface area (Å²) in [5.74, 6) is 0.116. The van der Waals surface area contributed by atoms with E-state index in [9.17, 15) is 13.2 Å². The van der Waals surface area contributed by atoms with Gasteiger partial charge in [0.15, 0.2) is 11.5 Å². The van der Waals surface area contributed by atoms with Crippen LogP contribution in [0.1, 0.15) is 15.9 Å². The Kier molecular flexibility index (Phi) is 4.75. The Labute approximate surface area is 151 Å². The van der Waals surface area contributed by atoms with E-state index in [2.05, 4.69) is 0 Å². The molecule has 0 aliphatic carbocycles. The summed E-state index contributed by atoms with van der Waals surface area (Å²) in [5.41, 5.74) is 3.05. The Bertz CT molecular complexity index is 958. The number of carbonyl (C=O) groups is 1. The van der Waals surface area contributed by atoms with Gasteiger partial charge in [-0.1, -0.05) is 0 Å². The fourth-order valence-corrected chi connectivity index (χ4v) is 4.45. The lowest BCUT2D eigenvalue weighted by Crippen LogP contribution is -2.29. The molecule has 2 N–H and O–H groups in total. The van der Waals surface area contributed by atoms with Gasteiger partial charge in [-0.25, -0.2) is 13.9 Å². The maximum atomic E-state index is 13.1. The predicted octanol–water partition coefficient (Wildman–Crippen LogP) is 1.57. The number of carbonyl (C=O) groups excluding carboxylic acids is 1. The molecule has 1 aliphatic heterocycles. The van der Waals surface area contributed by atoms with Crippen molar-refractivity contribution in [3.8, 4) is 11.5 Å². The number of nitrogens with one attached hydrogen (secondary N) is 1. The van der Waals surface area contributed by atoms with Gasteiger partial charge in [-0.2, -0.15) is 0 Å². The molecule has 1 aliphatic rings. The Morgan fingerprint density at radius 1 is 1.12 bits per heavy atom. The standard InChI is InChI=1S/C17H18N2O6S/c1-24-15-6-4-13(10-16(15)25-2)26(22,23)19-8-7-11-9-12(17(20)18-21)3-5-14(11)19/h3-6,9-10,21H,7-8H2,1-2H3,(H,18,20). The molecule has 0 bridgehead atoms. The van der Waals surface area contributed by atoms with Crippen molar-refractivity contribution in [2.24, 2.45) is 0 Å². The van der Waals surface area contributed by atoms with E-state index in [0.717, 1.165) is 5.56 Å². The van der Waals surface area contributed by atoms with Crippen LogP contribution >= 0.6 is 0 Å². The van der Waals surface area contributed by atoms with E-state index in [1.807, 2.05) is 0 Å². The number of benzene rings is 2. The van der Waals surface area contributed by atoms with E-state index < -0.39 is 15.9 Å². The van der Waals surface area contributed by atoms with Gasteiger partial charge in [-0.05, 0) is 42.3 Å². The average molecular weight is 378 g/mol. The van der Waals surface area contributed by atoms with Gasteiger partial charge >= 0.3 is 0 Å². The molecular formula is C17H18N2O6S. The first kappa shape index (κ1) is 18.0. The zero-order chi connectivity index (χ0) is 18.9. The van der Waals surface area contributed by atoms with Crippen molar-refractivity contribution in [1.82, 2.24) is 5.48 Å². The zero-order valence-corrected chi connectivity index (χ0v) is 15.0. The number of ether oxygens (including phenoxy) is 2. The van der Waals surface area contributed by atoms with Crippen LogP contribution in [-0.2, 0) is 16.4 Å².